The Morgan fingerprint density at radius 1 is 1.83 bits per heavy atom. The van der Waals surface area contributed by atoms with Crippen LogP contribution in [0.15, 0.2) is 0 Å². The van der Waals surface area contributed by atoms with Crippen LogP contribution in [0.1, 0.15) is 15.6 Å². The molecule has 1 heterocycles. The van der Waals surface area contributed by atoms with Gasteiger partial charge in [0.25, 0.3) is 0 Å². The Labute approximate surface area is 73.1 Å². The molecule has 12 heavy (non-hydrogen) atoms. The van der Waals surface area contributed by atoms with Crippen molar-refractivity contribution >= 4 is 17.3 Å². The third-order valence-electron chi connectivity index (χ3n) is 1.22. The lowest BCUT2D eigenvalue weighted by molar-refractivity contribution is -0.136. The number of aliphatic carboxylic acids is 1. The van der Waals surface area contributed by atoms with E-state index in [4.69, 9.17) is 10.4 Å². The fraction of sp³-hybridized carbons (Fsp3) is 0.286. The molecular formula is C7H6N2O2S. The Kier molecular flexibility index (Phi) is 2.41. The first-order valence-electron chi connectivity index (χ1n) is 3.21. The van der Waals surface area contributed by atoms with Gasteiger partial charge in [-0.15, -0.1) is 11.3 Å². The molecule has 1 N–H and O–H groups in total. The van der Waals surface area contributed by atoms with Crippen LogP contribution in [0.5, 0.6) is 0 Å². The molecule has 0 aliphatic rings. The number of aromatic nitrogens is 1. The summed E-state index contributed by atoms with van der Waals surface area (Å²) in [4.78, 5) is 14.6. The molecule has 0 aliphatic heterocycles. The van der Waals surface area contributed by atoms with Crippen molar-refractivity contribution in [3.63, 3.8) is 0 Å². The molecule has 5 heteroatoms. The smallest absolute Gasteiger partial charge is 0.309 e. The van der Waals surface area contributed by atoms with Crippen LogP contribution in [0.4, 0.5) is 0 Å². The third-order valence-corrected chi connectivity index (χ3v) is 2.14. The van der Waals surface area contributed by atoms with Gasteiger partial charge in [0, 0.05) is 0 Å². The normalized spacial score (nSPS) is 9.33. The number of thiazole rings is 1. The topological polar surface area (TPSA) is 74.0 Å². The maximum absolute atomic E-state index is 10.3. The number of hydrogen-bond donors (Lipinski definition) is 1. The van der Waals surface area contributed by atoms with Gasteiger partial charge in [0.2, 0.25) is 0 Å². The van der Waals surface area contributed by atoms with Gasteiger partial charge in [-0.25, -0.2) is 4.98 Å². The number of rotatable bonds is 2. The highest BCUT2D eigenvalue weighted by Crippen LogP contribution is 2.16. The van der Waals surface area contributed by atoms with Gasteiger partial charge in [0.15, 0.2) is 0 Å². The first kappa shape index (κ1) is 8.68. The molecule has 0 aliphatic carbocycles. The Bertz CT molecular complexity index is 351. The van der Waals surface area contributed by atoms with Crippen LogP contribution in [0, 0.1) is 18.3 Å². The summed E-state index contributed by atoms with van der Waals surface area (Å²) in [6.07, 6.45) is -0.173. The summed E-state index contributed by atoms with van der Waals surface area (Å²) < 4.78 is 0. The summed E-state index contributed by atoms with van der Waals surface area (Å²) in [6.45, 7) is 1.75. The van der Waals surface area contributed by atoms with Crippen molar-refractivity contribution in [3.8, 4) is 6.07 Å². The van der Waals surface area contributed by atoms with Crippen molar-refractivity contribution in [2.45, 2.75) is 13.3 Å². The quantitative estimate of drug-likeness (QED) is 0.738. The van der Waals surface area contributed by atoms with Gasteiger partial charge in [-0.1, -0.05) is 0 Å². The maximum Gasteiger partial charge on any atom is 0.309 e. The molecule has 0 spiro atoms. The van der Waals surface area contributed by atoms with E-state index in [9.17, 15) is 4.79 Å². The highest BCUT2D eigenvalue weighted by atomic mass is 32.1. The maximum atomic E-state index is 10.3. The third kappa shape index (κ3) is 1.80. The van der Waals surface area contributed by atoms with Crippen molar-refractivity contribution in [1.29, 1.82) is 5.26 Å². The zero-order valence-corrected chi connectivity index (χ0v) is 7.18. The van der Waals surface area contributed by atoms with Crippen molar-refractivity contribution in [2.75, 3.05) is 0 Å². The van der Waals surface area contributed by atoms with Crippen LogP contribution in [0.25, 0.3) is 0 Å². The molecule has 4 nitrogen and oxygen atoms in total. The summed E-state index contributed by atoms with van der Waals surface area (Å²) in [5.74, 6) is -0.961. The predicted molar refractivity (Wildman–Crippen MR) is 42.9 cm³/mol. The number of nitriles is 1. The van der Waals surface area contributed by atoms with Gasteiger partial charge in [-0.05, 0) is 6.92 Å². The highest BCUT2D eigenvalue weighted by Gasteiger charge is 2.11. The second kappa shape index (κ2) is 3.32. The zero-order valence-electron chi connectivity index (χ0n) is 6.37. The van der Waals surface area contributed by atoms with Crippen LogP contribution >= 0.6 is 11.3 Å². The second-order valence-corrected chi connectivity index (χ2v) is 3.39. The number of carbonyl (C=O) groups is 1. The van der Waals surface area contributed by atoms with Gasteiger partial charge in [0.05, 0.1) is 17.1 Å². The Hall–Kier alpha value is -1.41. The van der Waals surface area contributed by atoms with E-state index in [0.717, 1.165) is 5.01 Å². The largest absolute Gasteiger partial charge is 0.481 e. The van der Waals surface area contributed by atoms with Crippen molar-refractivity contribution in [1.82, 2.24) is 4.98 Å². The average Bonchev–Trinajstić information content (AvgIpc) is 2.29. The molecule has 0 fully saturated rings. The van der Waals surface area contributed by atoms with Crippen LogP contribution in [0.2, 0.25) is 0 Å². The predicted octanol–water partition coefficient (Wildman–Crippen LogP) is 0.950. The highest BCUT2D eigenvalue weighted by molar-refractivity contribution is 7.12. The van der Waals surface area contributed by atoms with Crippen LogP contribution in [-0.4, -0.2) is 16.1 Å². The fourth-order valence-corrected chi connectivity index (χ4v) is 1.55. The van der Waals surface area contributed by atoms with Gasteiger partial charge < -0.3 is 5.11 Å². The minimum absolute atomic E-state index is 0.173. The van der Waals surface area contributed by atoms with Gasteiger partial charge in [0.1, 0.15) is 10.9 Å². The standard InChI is InChI=1S/C7H6N2O2S/c1-4-9-5(2-7(10)11)6(3-8)12-4/h2H2,1H3,(H,10,11). The van der Waals surface area contributed by atoms with Crippen LogP contribution in [-0.2, 0) is 11.2 Å². The molecule has 0 radical (unpaired) electrons. The summed E-state index contributed by atoms with van der Waals surface area (Å²) in [5.41, 5.74) is 0.368. The molecule has 0 saturated carbocycles. The summed E-state index contributed by atoms with van der Waals surface area (Å²) >= 11 is 1.22. The molecule has 1 aromatic heterocycles. The van der Waals surface area contributed by atoms with E-state index in [1.165, 1.54) is 11.3 Å². The second-order valence-electron chi connectivity index (χ2n) is 2.19. The molecule has 0 aromatic carbocycles. The first-order valence-corrected chi connectivity index (χ1v) is 4.03. The Morgan fingerprint density at radius 2 is 2.50 bits per heavy atom. The van der Waals surface area contributed by atoms with Gasteiger partial charge >= 0.3 is 5.97 Å². The summed E-state index contributed by atoms with van der Waals surface area (Å²) in [5, 5.41) is 17.7. The van der Waals surface area contributed by atoms with Crippen molar-refractivity contribution in [3.05, 3.63) is 15.6 Å². The van der Waals surface area contributed by atoms with E-state index in [1.807, 2.05) is 6.07 Å². The monoisotopic (exact) mass is 182 g/mol. The first-order chi connectivity index (χ1) is 5.63. The molecule has 0 atom stereocenters. The lowest BCUT2D eigenvalue weighted by Gasteiger charge is -1.88. The Morgan fingerprint density at radius 3 is 3.00 bits per heavy atom. The molecular weight excluding hydrogens is 176 g/mol. The molecule has 0 bridgehead atoms. The summed E-state index contributed by atoms with van der Waals surface area (Å²) in [6, 6.07) is 1.91. The van der Waals surface area contributed by atoms with Gasteiger partial charge in [-0.2, -0.15) is 5.26 Å². The van der Waals surface area contributed by atoms with E-state index in [0.29, 0.717) is 10.6 Å². The minimum atomic E-state index is -0.961. The van der Waals surface area contributed by atoms with Crippen LogP contribution in [0.3, 0.4) is 0 Å². The molecule has 0 saturated heterocycles. The number of carboxylic acid groups (broad SMARTS) is 1. The minimum Gasteiger partial charge on any atom is -0.481 e. The summed E-state index contributed by atoms with van der Waals surface area (Å²) in [7, 11) is 0. The van der Waals surface area contributed by atoms with E-state index >= 15 is 0 Å². The number of aryl methyl sites for hydroxylation is 1. The molecule has 0 unspecified atom stereocenters. The lowest BCUT2D eigenvalue weighted by atomic mass is 10.3. The Balaban J connectivity index is 2.99. The molecule has 1 rings (SSSR count). The van der Waals surface area contributed by atoms with E-state index in [-0.39, 0.29) is 6.42 Å². The zero-order chi connectivity index (χ0) is 9.14. The van der Waals surface area contributed by atoms with Gasteiger partial charge in [-0.3, -0.25) is 4.79 Å². The average molecular weight is 182 g/mol. The number of carboxylic acids is 1. The SMILES string of the molecule is Cc1nc(CC(=O)O)c(C#N)s1. The fourth-order valence-electron chi connectivity index (χ4n) is 0.821. The molecule has 1 aromatic rings. The van der Waals surface area contributed by atoms with E-state index in [1.54, 1.807) is 6.92 Å². The molecule has 0 amide bonds. The lowest BCUT2D eigenvalue weighted by Crippen LogP contribution is -2.01. The van der Waals surface area contributed by atoms with E-state index < -0.39 is 5.97 Å². The number of hydrogen-bond acceptors (Lipinski definition) is 4. The van der Waals surface area contributed by atoms with Crippen molar-refractivity contribution in [2.24, 2.45) is 0 Å². The van der Waals surface area contributed by atoms with Crippen molar-refractivity contribution < 1.29 is 9.90 Å². The van der Waals surface area contributed by atoms with E-state index in [2.05, 4.69) is 4.98 Å². The molecule has 62 valence electrons. The number of nitrogens with zero attached hydrogens (tertiary/aromatic N) is 2. The van der Waals surface area contributed by atoms with Crippen LogP contribution < -0.4 is 0 Å².